The molecule has 0 fully saturated rings. The summed E-state index contributed by atoms with van der Waals surface area (Å²) >= 11 is 3.36. The van der Waals surface area contributed by atoms with Crippen molar-refractivity contribution in [2.24, 2.45) is 0 Å². The number of hydrogen-bond acceptors (Lipinski definition) is 5. The summed E-state index contributed by atoms with van der Waals surface area (Å²) in [5.41, 5.74) is 1.89. The van der Waals surface area contributed by atoms with Crippen LogP contribution < -0.4 is 10.1 Å². The molecule has 1 heterocycles. The number of thioether (sulfide) groups is 1. The highest BCUT2D eigenvalue weighted by atomic mass is 32.2. The van der Waals surface area contributed by atoms with Crippen LogP contribution in [-0.2, 0) is 17.9 Å². The molecule has 28 heavy (non-hydrogen) atoms. The lowest BCUT2D eigenvalue weighted by Crippen LogP contribution is -2.32. The number of rotatable bonds is 9. The van der Waals surface area contributed by atoms with E-state index in [1.54, 1.807) is 30.2 Å². The van der Waals surface area contributed by atoms with Gasteiger partial charge in [-0.25, -0.2) is 0 Å². The standard InChI is InChI=1S/C22H24N2O2S2/c1-26-21-11-4-3-7-17(21)14-24(15-20-10-6-12-28-20)16-22(25)23-18-8-5-9-19(13-18)27-2/h3-13H,14-16H2,1-2H3,(H,23,25). The van der Waals surface area contributed by atoms with Gasteiger partial charge in [-0.15, -0.1) is 23.1 Å². The number of benzene rings is 2. The second-order valence-corrected chi connectivity index (χ2v) is 8.23. The number of para-hydroxylation sites is 1. The Kier molecular flexibility index (Phi) is 7.54. The average molecular weight is 413 g/mol. The summed E-state index contributed by atoms with van der Waals surface area (Å²) < 4.78 is 5.48. The van der Waals surface area contributed by atoms with Gasteiger partial charge in [0.1, 0.15) is 5.75 Å². The zero-order chi connectivity index (χ0) is 19.8. The summed E-state index contributed by atoms with van der Waals surface area (Å²) in [6, 6.07) is 20.0. The zero-order valence-corrected chi connectivity index (χ0v) is 17.7. The van der Waals surface area contributed by atoms with Gasteiger partial charge in [-0.05, 0) is 42.0 Å². The van der Waals surface area contributed by atoms with Crippen molar-refractivity contribution in [3.05, 3.63) is 76.5 Å². The Morgan fingerprint density at radius 3 is 2.71 bits per heavy atom. The zero-order valence-electron chi connectivity index (χ0n) is 16.1. The third-order valence-electron chi connectivity index (χ3n) is 4.27. The second kappa shape index (κ2) is 10.3. The molecule has 1 N–H and O–H groups in total. The molecule has 3 rings (SSSR count). The third-order valence-corrected chi connectivity index (χ3v) is 5.85. The van der Waals surface area contributed by atoms with E-state index in [-0.39, 0.29) is 5.91 Å². The Bertz CT molecular complexity index is 897. The van der Waals surface area contributed by atoms with Crippen molar-refractivity contribution in [2.45, 2.75) is 18.0 Å². The molecule has 4 nitrogen and oxygen atoms in total. The Balaban J connectivity index is 1.71. The van der Waals surface area contributed by atoms with Crippen molar-refractivity contribution in [3.8, 4) is 5.75 Å². The van der Waals surface area contributed by atoms with Gasteiger partial charge in [-0.1, -0.05) is 30.3 Å². The number of anilines is 1. The number of amides is 1. The van der Waals surface area contributed by atoms with Crippen molar-refractivity contribution in [3.63, 3.8) is 0 Å². The first-order valence-electron chi connectivity index (χ1n) is 8.98. The summed E-state index contributed by atoms with van der Waals surface area (Å²) in [5, 5.41) is 5.08. The van der Waals surface area contributed by atoms with Gasteiger partial charge in [0, 0.05) is 34.1 Å². The second-order valence-electron chi connectivity index (χ2n) is 6.32. The van der Waals surface area contributed by atoms with E-state index < -0.39 is 0 Å². The molecule has 0 saturated carbocycles. The number of carbonyl (C=O) groups is 1. The van der Waals surface area contributed by atoms with Gasteiger partial charge in [-0.3, -0.25) is 9.69 Å². The fourth-order valence-electron chi connectivity index (χ4n) is 2.97. The quantitative estimate of drug-likeness (QED) is 0.495. The van der Waals surface area contributed by atoms with Crippen LogP contribution in [0.2, 0.25) is 0 Å². The van der Waals surface area contributed by atoms with Crippen LogP contribution in [0.5, 0.6) is 5.75 Å². The molecular formula is C22H24N2O2S2. The normalized spacial score (nSPS) is 10.8. The number of methoxy groups -OCH3 is 1. The molecule has 0 aliphatic heterocycles. The molecule has 3 aromatic rings. The van der Waals surface area contributed by atoms with Crippen LogP contribution in [0.15, 0.2) is 70.9 Å². The van der Waals surface area contributed by atoms with Crippen molar-refractivity contribution in [1.82, 2.24) is 4.90 Å². The van der Waals surface area contributed by atoms with Crippen LogP contribution in [0.1, 0.15) is 10.4 Å². The lowest BCUT2D eigenvalue weighted by molar-refractivity contribution is -0.117. The first kappa shape index (κ1) is 20.5. The smallest absolute Gasteiger partial charge is 0.238 e. The maximum absolute atomic E-state index is 12.7. The molecule has 0 saturated heterocycles. The molecule has 2 aromatic carbocycles. The number of nitrogens with zero attached hydrogens (tertiary/aromatic N) is 1. The van der Waals surface area contributed by atoms with E-state index in [1.165, 1.54) is 4.88 Å². The Labute approximate surface area is 174 Å². The van der Waals surface area contributed by atoms with E-state index in [4.69, 9.17) is 4.74 Å². The highest BCUT2D eigenvalue weighted by Gasteiger charge is 2.15. The van der Waals surface area contributed by atoms with Gasteiger partial charge < -0.3 is 10.1 Å². The molecular weight excluding hydrogens is 388 g/mol. The minimum absolute atomic E-state index is 0.0234. The Morgan fingerprint density at radius 1 is 1.11 bits per heavy atom. The van der Waals surface area contributed by atoms with Crippen LogP contribution in [0, 0.1) is 0 Å². The molecule has 1 aromatic heterocycles. The molecule has 0 radical (unpaired) electrons. The highest BCUT2D eigenvalue weighted by molar-refractivity contribution is 7.98. The summed E-state index contributed by atoms with van der Waals surface area (Å²) in [6.45, 7) is 1.66. The molecule has 0 bridgehead atoms. The summed E-state index contributed by atoms with van der Waals surface area (Å²) in [6.07, 6.45) is 2.02. The number of carbonyl (C=O) groups excluding carboxylic acids is 1. The number of nitrogens with one attached hydrogen (secondary N) is 1. The molecule has 1 amide bonds. The fourth-order valence-corrected chi connectivity index (χ4v) is 4.18. The van der Waals surface area contributed by atoms with Crippen molar-refractivity contribution >= 4 is 34.7 Å². The molecule has 0 aliphatic carbocycles. The molecule has 0 aliphatic rings. The Morgan fingerprint density at radius 2 is 1.96 bits per heavy atom. The largest absolute Gasteiger partial charge is 0.496 e. The first-order valence-corrected chi connectivity index (χ1v) is 11.1. The van der Waals surface area contributed by atoms with E-state index >= 15 is 0 Å². The van der Waals surface area contributed by atoms with Crippen LogP contribution >= 0.6 is 23.1 Å². The molecule has 6 heteroatoms. The van der Waals surface area contributed by atoms with E-state index in [1.807, 2.05) is 60.9 Å². The van der Waals surface area contributed by atoms with Gasteiger partial charge >= 0.3 is 0 Å². The lowest BCUT2D eigenvalue weighted by atomic mass is 10.2. The molecule has 0 atom stereocenters. The van der Waals surface area contributed by atoms with Crippen molar-refractivity contribution in [2.75, 3.05) is 25.2 Å². The fraction of sp³-hybridized carbons (Fsp3) is 0.227. The van der Waals surface area contributed by atoms with E-state index in [2.05, 4.69) is 21.7 Å². The maximum Gasteiger partial charge on any atom is 0.238 e. The average Bonchev–Trinajstić information content (AvgIpc) is 3.21. The van der Waals surface area contributed by atoms with Crippen LogP contribution in [0.25, 0.3) is 0 Å². The summed E-state index contributed by atoms with van der Waals surface area (Å²) in [7, 11) is 1.67. The van der Waals surface area contributed by atoms with Gasteiger partial charge in [0.15, 0.2) is 0 Å². The third kappa shape index (κ3) is 5.86. The topological polar surface area (TPSA) is 41.6 Å². The molecule has 0 unspecified atom stereocenters. The Hall–Kier alpha value is -2.28. The maximum atomic E-state index is 12.7. The number of hydrogen-bond donors (Lipinski definition) is 1. The van der Waals surface area contributed by atoms with Crippen molar-refractivity contribution in [1.29, 1.82) is 0 Å². The van der Waals surface area contributed by atoms with E-state index in [0.29, 0.717) is 19.6 Å². The lowest BCUT2D eigenvalue weighted by Gasteiger charge is -2.22. The van der Waals surface area contributed by atoms with Gasteiger partial charge in [-0.2, -0.15) is 0 Å². The van der Waals surface area contributed by atoms with Crippen LogP contribution in [0.4, 0.5) is 5.69 Å². The summed E-state index contributed by atoms with van der Waals surface area (Å²) in [4.78, 5) is 17.2. The summed E-state index contributed by atoms with van der Waals surface area (Å²) in [5.74, 6) is 0.816. The monoisotopic (exact) mass is 412 g/mol. The number of thiophene rings is 1. The van der Waals surface area contributed by atoms with Gasteiger partial charge in [0.25, 0.3) is 0 Å². The minimum atomic E-state index is -0.0234. The van der Waals surface area contributed by atoms with Crippen LogP contribution in [-0.4, -0.2) is 30.7 Å². The highest BCUT2D eigenvalue weighted by Crippen LogP contribution is 2.22. The van der Waals surface area contributed by atoms with Crippen LogP contribution in [0.3, 0.4) is 0 Å². The molecule has 146 valence electrons. The van der Waals surface area contributed by atoms with Gasteiger partial charge in [0.05, 0.1) is 13.7 Å². The van der Waals surface area contributed by atoms with Gasteiger partial charge in [0.2, 0.25) is 5.91 Å². The number of ether oxygens (including phenoxy) is 1. The predicted octanol–water partition coefficient (Wildman–Crippen LogP) is 5.12. The predicted molar refractivity (Wildman–Crippen MR) is 118 cm³/mol. The van der Waals surface area contributed by atoms with E-state index in [0.717, 1.165) is 21.9 Å². The molecule has 0 spiro atoms. The van der Waals surface area contributed by atoms with E-state index in [9.17, 15) is 4.79 Å². The minimum Gasteiger partial charge on any atom is -0.496 e. The SMILES string of the molecule is COc1ccccc1CN(CC(=O)Nc1cccc(SC)c1)Cc1cccs1. The van der Waals surface area contributed by atoms with Crippen molar-refractivity contribution < 1.29 is 9.53 Å². The first-order chi connectivity index (χ1) is 13.7.